The van der Waals surface area contributed by atoms with E-state index in [1.165, 1.54) is 49.2 Å². The maximum absolute atomic E-state index is 13.1. The summed E-state index contributed by atoms with van der Waals surface area (Å²) in [5, 5.41) is 14.4. The molecule has 0 aliphatic rings. The Kier molecular flexibility index (Phi) is 4.82. The van der Waals surface area contributed by atoms with Crippen LogP contribution in [0.2, 0.25) is 0 Å². The number of rotatable bonds is 4. The van der Waals surface area contributed by atoms with Crippen LogP contribution in [0.4, 0.5) is 13.2 Å². The SMILES string of the molecule is CCS(=O)(=O)c1nn2c(C(C)(C)O)ccnc2c1-c1nc2cc(C(F)(F)F)cnc2n1C. The van der Waals surface area contributed by atoms with E-state index in [1.807, 2.05) is 0 Å². The van der Waals surface area contributed by atoms with Crippen LogP contribution in [0, 0.1) is 0 Å². The molecule has 0 atom stereocenters. The lowest BCUT2D eigenvalue weighted by Gasteiger charge is -2.18. The molecule has 0 radical (unpaired) electrons. The summed E-state index contributed by atoms with van der Waals surface area (Å²) in [4.78, 5) is 12.4. The first-order chi connectivity index (χ1) is 14.8. The van der Waals surface area contributed by atoms with Crippen molar-refractivity contribution in [3.63, 3.8) is 0 Å². The van der Waals surface area contributed by atoms with E-state index in [0.717, 1.165) is 6.07 Å². The molecule has 4 rings (SSSR count). The van der Waals surface area contributed by atoms with E-state index in [4.69, 9.17) is 0 Å². The Bertz CT molecular complexity index is 1470. The lowest BCUT2D eigenvalue weighted by molar-refractivity contribution is -0.137. The van der Waals surface area contributed by atoms with Gasteiger partial charge in [-0.25, -0.2) is 27.9 Å². The van der Waals surface area contributed by atoms with E-state index >= 15 is 0 Å². The van der Waals surface area contributed by atoms with Gasteiger partial charge < -0.3 is 9.67 Å². The largest absolute Gasteiger partial charge is 0.417 e. The molecule has 4 aromatic heterocycles. The van der Waals surface area contributed by atoms with Gasteiger partial charge in [-0.2, -0.15) is 18.3 Å². The van der Waals surface area contributed by atoms with Gasteiger partial charge in [0.2, 0.25) is 0 Å². The normalized spacial score (nSPS) is 13.4. The zero-order valence-corrected chi connectivity index (χ0v) is 18.3. The Hall–Kier alpha value is -3.06. The molecular weight excluding hydrogens is 449 g/mol. The van der Waals surface area contributed by atoms with Crippen molar-refractivity contribution in [2.75, 3.05) is 5.75 Å². The van der Waals surface area contributed by atoms with E-state index < -0.39 is 27.2 Å². The zero-order chi connectivity index (χ0) is 23.6. The van der Waals surface area contributed by atoms with Crippen molar-refractivity contribution >= 4 is 26.6 Å². The predicted octanol–water partition coefficient (Wildman–Crippen LogP) is 2.72. The molecule has 9 nitrogen and oxygen atoms in total. The van der Waals surface area contributed by atoms with Gasteiger partial charge >= 0.3 is 6.18 Å². The van der Waals surface area contributed by atoms with E-state index in [2.05, 4.69) is 20.1 Å². The van der Waals surface area contributed by atoms with Gasteiger partial charge in [-0.05, 0) is 26.0 Å². The number of aromatic nitrogens is 6. The number of sulfone groups is 1. The standard InChI is InChI=1S/C19H19F3N6O3S/c1-5-32(30,31)17-13(15-23-7-6-12(18(2,3)29)28(15)26-17)16-25-11-8-10(19(20,21)22)9-24-14(11)27(16)4/h6-9,29H,5H2,1-4H3. The van der Waals surface area contributed by atoms with E-state index in [-0.39, 0.29) is 44.7 Å². The van der Waals surface area contributed by atoms with Gasteiger partial charge in [-0.3, -0.25) is 0 Å². The molecule has 13 heteroatoms. The fourth-order valence-electron chi connectivity index (χ4n) is 3.39. The second kappa shape index (κ2) is 6.97. The molecule has 0 aliphatic carbocycles. The van der Waals surface area contributed by atoms with Crippen LogP contribution in [0.15, 0.2) is 29.6 Å². The van der Waals surface area contributed by atoms with Gasteiger partial charge in [-0.1, -0.05) is 6.92 Å². The fourth-order valence-corrected chi connectivity index (χ4v) is 4.37. The first-order valence-corrected chi connectivity index (χ1v) is 11.1. The van der Waals surface area contributed by atoms with E-state index in [1.54, 1.807) is 0 Å². The molecule has 32 heavy (non-hydrogen) atoms. The Balaban J connectivity index is 2.11. The van der Waals surface area contributed by atoms with Crippen molar-refractivity contribution < 1.29 is 26.7 Å². The smallest absolute Gasteiger partial charge is 0.384 e. The van der Waals surface area contributed by atoms with Gasteiger partial charge in [0.1, 0.15) is 22.5 Å². The summed E-state index contributed by atoms with van der Waals surface area (Å²) < 4.78 is 67.7. The molecule has 0 amide bonds. The topological polar surface area (TPSA) is 115 Å². The highest BCUT2D eigenvalue weighted by atomic mass is 32.2. The minimum Gasteiger partial charge on any atom is -0.384 e. The van der Waals surface area contributed by atoms with Crippen molar-refractivity contribution in [1.29, 1.82) is 0 Å². The Morgan fingerprint density at radius 1 is 1.16 bits per heavy atom. The molecule has 4 aromatic rings. The number of pyridine rings is 1. The van der Waals surface area contributed by atoms with Crippen LogP contribution < -0.4 is 0 Å². The Morgan fingerprint density at radius 2 is 1.84 bits per heavy atom. The van der Waals surface area contributed by atoms with Crippen LogP contribution in [-0.4, -0.2) is 48.4 Å². The summed E-state index contributed by atoms with van der Waals surface area (Å²) in [5.41, 5.74) is -1.90. The van der Waals surface area contributed by atoms with Crippen LogP contribution in [0.3, 0.4) is 0 Å². The summed E-state index contributed by atoms with van der Waals surface area (Å²) >= 11 is 0. The summed E-state index contributed by atoms with van der Waals surface area (Å²) in [6.07, 6.45) is -2.53. The van der Waals surface area contributed by atoms with Crippen molar-refractivity contribution in [3.05, 3.63) is 35.8 Å². The zero-order valence-electron chi connectivity index (χ0n) is 17.5. The van der Waals surface area contributed by atoms with Crippen LogP contribution in [-0.2, 0) is 28.7 Å². The highest BCUT2D eigenvalue weighted by Crippen LogP contribution is 2.35. The number of nitrogens with zero attached hydrogens (tertiary/aromatic N) is 6. The molecular formula is C19H19F3N6O3S. The van der Waals surface area contributed by atoms with Crippen molar-refractivity contribution in [2.45, 2.75) is 37.6 Å². The molecule has 0 aromatic carbocycles. The monoisotopic (exact) mass is 468 g/mol. The van der Waals surface area contributed by atoms with Crippen molar-refractivity contribution in [1.82, 2.24) is 29.1 Å². The number of imidazole rings is 1. The number of fused-ring (bicyclic) bond motifs is 2. The minimum atomic E-state index is -4.61. The first kappa shape index (κ1) is 22.1. The molecule has 0 aliphatic heterocycles. The maximum atomic E-state index is 13.1. The first-order valence-electron chi connectivity index (χ1n) is 9.49. The molecule has 4 heterocycles. The number of hydrogen-bond donors (Lipinski definition) is 1. The van der Waals surface area contributed by atoms with Gasteiger partial charge in [-0.15, -0.1) is 0 Å². The predicted molar refractivity (Wildman–Crippen MR) is 108 cm³/mol. The molecule has 1 N–H and O–H groups in total. The van der Waals surface area contributed by atoms with E-state index in [0.29, 0.717) is 6.20 Å². The van der Waals surface area contributed by atoms with Crippen LogP contribution >= 0.6 is 0 Å². The lowest BCUT2D eigenvalue weighted by Crippen LogP contribution is -2.20. The lowest BCUT2D eigenvalue weighted by atomic mass is 10.1. The molecule has 0 spiro atoms. The molecule has 0 bridgehead atoms. The second-order valence-electron chi connectivity index (χ2n) is 7.77. The average Bonchev–Trinajstić information content (AvgIpc) is 3.24. The summed E-state index contributed by atoms with van der Waals surface area (Å²) in [5.74, 6) is -0.239. The second-order valence-corrected chi connectivity index (χ2v) is 9.96. The number of alkyl halides is 3. The quantitative estimate of drug-likeness (QED) is 0.490. The minimum absolute atomic E-state index is 0.0204. The van der Waals surface area contributed by atoms with Gasteiger partial charge in [0.15, 0.2) is 26.2 Å². The number of halogens is 3. The van der Waals surface area contributed by atoms with E-state index in [9.17, 15) is 26.7 Å². The molecule has 0 unspecified atom stereocenters. The number of aliphatic hydroxyl groups is 1. The molecule has 170 valence electrons. The summed E-state index contributed by atoms with van der Waals surface area (Å²) in [6, 6.07) is 2.35. The Morgan fingerprint density at radius 3 is 2.44 bits per heavy atom. The van der Waals surface area contributed by atoms with Crippen molar-refractivity contribution in [3.8, 4) is 11.4 Å². The van der Waals surface area contributed by atoms with Crippen molar-refractivity contribution in [2.24, 2.45) is 7.05 Å². The maximum Gasteiger partial charge on any atom is 0.417 e. The summed E-state index contributed by atoms with van der Waals surface area (Å²) in [7, 11) is -2.38. The highest BCUT2D eigenvalue weighted by Gasteiger charge is 2.34. The van der Waals surface area contributed by atoms with Gasteiger partial charge in [0, 0.05) is 19.4 Å². The van der Waals surface area contributed by atoms with Crippen LogP contribution in [0.5, 0.6) is 0 Å². The molecule has 0 fully saturated rings. The fraction of sp³-hybridized carbons (Fsp3) is 0.368. The Labute approximate surface area is 180 Å². The van der Waals surface area contributed by atoms with Crippen LogP contribution in [0.25, 0.3) is 28.2 Å². The number of aryl methyl sites for hydroxylation is 1. The molecule has 0 saturated heterocycles. The third-order valence-electron chi connectivity index (χ3n) is 5.05. The number of hydrogen-bond acceptors (Lipinski definition) is 7. The molecule has 0 saturated carbocycles. The third-order valence-corrected chi connectivity index (χ3v) is 6.68. The summed E-state index contributed by atoms with van der Waals surface area (Å²) in [6.45, 7) is 4.46. The van der Waals surface area contributed by atoms with Crippen LogP contribution in [0.1, 0.15) is 32.0 Å². The van der Waals surface area contributed by atoms with Gasteiger partial charge in [0.05, 0.1) is 17.0 Å². The third kappa shape index (κ3) is 3.41. The van der Waals surface area contributed by atoms with Gasteiger partial charge in [0.25, 0.3) is 0 Å². The average molecular weight is 468 g/mol. The highest BCUT2D eigenvalue weighted by molar-refractivity contribution is 7.91.